The Balaban J connectivity index is 1.28. The second-order valence-electron chi connectivity index (χ2n) is 8.35. The van der Waals surface area contributed by atoms with E-state index in [-0.39, 0.29) is 17.8 Å². The maximum Gasteiger partial charge on any atom is 0.306 e. The highest BCUT2D eigenvalue weighted by Gasteiger charge is 2.26. The van der Waals surface area contributed by atoms with E-state index in [2.05, 4.69) is 15.3 Å². The zero-order valence-electron chi connectivity index (χ0n) is 18.6. The van der Waals surface area contributed by atoms with Crippen molar-refractivity contribution < 1.29 is 18.0 Å². The van der Waals surface area contributed by atoms with Crippen molar-refractivity contribution in [1.82, 2.24) is 24.3 Å². The van der Waals surface area contributed by atoms with Crippen molar-refractivity contribution >= 4 is 17.7 Å². The van der Waals surface area contributed by atoms with Gasteiger partial charge in [0, 0.05) is 37.1 Å². The number of halogens is 1. The Bertz CT molecular complexity index is 1470. The van der Waals surface area contributed by atoms with Crippen LogP contribution in [-0.2, 0) is 0 Å². The molecule has 6 rings (SSSR count). The Hall–Kier alpha value is -4.47. The fourth-order valence-electron chi connectivity index (χ4n) is 4.42. The van der Waals surface area contributed by atoms with Crippen LogP contribution >= 0.6 is 0 Å². The third-order valence-corrected chi connectivity index (χ3v) is 6.05. The molecule has 0 aliphatic carbocycles. The van der Waals surface area contributed by atoms with Gasteiger partial charge in [0.25, 0.3) is 5.91 Å². The first-order valence-electron chi connectivity index (χ1n) is 11.3. The van der Waals surface area contributed by atoms with Gasteiger partial charge in [-0.15, -0.1) is 0 Å². The number of oxazole rings is 1. The number of nitrogens with zero attached hydrogens (tertiary/aromatic N) is 5. The molecular weight excluding hydrogens is 451 g/mol. The molecule has 1 atom stereocenters. The van der Waals surface area contributed by atoms with Crippen LogP contribution in [0, 0.1) is 5.82 Å². The molecule has 1 N–H and O–H groups in total. The molecule has 0 radical (unpaired) electrons. The first kappa shape index (κ1) is 21.1. The summed E-state index contributed by atoms with van der Waals surface area (Å²) in [5, 5.41) is 3.37. The molecule has 1 unspecified atom stereocenters. The van der Waals surface area contributed by atoms with Gasteiger partial charge in [0.1, 0.15) is 23.5 Å². The molecule has 176 valence electrons. The van der Waals surface area contributed by atoms with Crippen LogP contribution in [0.15, 0.2) is 76.2 Å². The maximum atomic E-state index is 13.5. The standard InChI is InChI=1S/C25H21FN6O3/c26-17-7-5-16(6-8-17)21-22(32-12-14-35-25(32)30-21)19-9-10-27-24(29-19)28-18-3-1-11-31(15-18)23(33)20-4-2-13-34-20/h2,4-10,12-14,18H,1,3,11,15H2,(H,27,28,29). The average Bonchev–Trinajstić information content (AvgIpc) is 3.62. The van der Waals surface area contributed by atoms with E-state index in [1.807, 2.05) is 0 Å². The molecule has 0 spiro atoms. The smallest absolute Gasteiger partial charge is 0.306 e. The molecule has 1 fully saturated rings. The van der Waals surface area contributed by atoms with E-state index in [1.54, 1.807) is 58.3 Å². The normalized spacial score (nSPS) is 16.0. The Labute approximate surface area is 199 Å². The van der Waals surface area contributed by atoms with Gasteiger partial charge >= 0.3 is 5.84 Å². The molecule has 1 aromatic carbocycles. The lowest BCUT2D eigenvalue weighted by atomic mass is 10.1. The lowest BCUT2D eigenvalue weighted by Crippen LogP contribution is -2.45. The van der Waals surface area contributed by atoms with E-state index >= 15 is 0 Å². The van der Waals surface area contributed by atoms with Gasteiger partial charge in [-0.3, -0.25) is 9.20 Å². The van der Waals surface area contributed by atoms with Crippen molar-refractivity contribution in [3.63, 3.8) is 0 Å². The highest BCUT2D eigenvalue weighted by Crippen LogP contribution is 2.32. The molecule has 5 aromatic rings. The third-order valence-electron chi connectivity index (χ3n) is 6.05. The number of anilines is 1. The summed E-state index contributed by atoms with van der Waals surface area (Å²) >= 11 is 0. The number of piperidine rings is 1. The fraction of sp³-hybridized carbons (Fsp3) is 0.200. The van der Waals surface area contributed by atoms with Crippen LogP contribution < -0.4 is 5.32 Å². The van der Waals surface area contributed by atoms with Crippen LogP contribution in [0.1, 0.15) is 23.4 Å². The van der Waals surface area contributed by atoms with E-state index in [9.17, 15) is 9.18 Å². The Morgan fingerprint density at radius 3 is 2.80 bits per heavy atom. The van der Waals surface area contributed by atoms with Gasteiger partial charge in [-0.25, -0.2) is 14.4 Å². The van der Waals surface area contributed by atoms with Gasteiger partial charge < -0.3 is 19.1 Å². The van der Waals surface area contributed by atoms with Crippen LogP contribution in [0.2, 0.25) is 0 Å². The molecule has 4 aromatic heterocycles. The van der Waals surface area contributed by atoms with Crippen LogP contribution in [0.4, 0.5) is 10.3 Å². The van der Waals surface area contributed by atoms with Gasteiger partial charge in [0.15, 0.2) is 5.76 Å². The number of fused-ring (bicyclic) bond motifs is 1. The molecule has 1 aliphatic heterocycles. The fourth-order valence-corrected chi connectivity index (χ4v) is 4.42. The summed E-state index contributed by atoms with van der Waals surface area (Å²) in [6.45, 7) is 1.19. The first-order chi connectivity index (χ1) is 17.2. The average molecular weight is 472 g/mol. The topological polar surface area (TPSA) is 102 Å². The minimum Gasteiger partial charge on any atom is -0.459 e. The van der Waals surface area contributed by atoms with E-state index in [1.165, 1.54) is 18.4 Å². The minimum atomic E-state index is -0.321. The van der Waals surface area contributed by atoms with Crippen molar-refractivity contribution in [3.05, 3.63) is 79.0 Å². The number of benzene rings is 1. The van der Waals surface area contributed by atoms with Crippen LogP contribution in [0.3, 0.4) is 0 Å². The van der Waals surface area contributed by atoms with Crippen LogP contribution in [-0.4, -0.2) is 49.3 Å². The maximum absolute atomic E-state index is 13.5. The zero-order chi connectivity index (χ0) is 23.8. The number of carbonyl (C=O) groups is 1. The number of imidazole rings is 1. The lowest BCUT2D eigenvalue weighted by Gasteiger charge is -2.32. The highest BCUT2D eigenvalue weighted by atomic mass is 19.1. The number of hydrogen-bond acceptors (Lipinski definition) is 7. The van der Waals surface area contributed by atoms with Crippen LogP contribution in [0.5, 0.6) is 0 Å². The molecule has 9 nitrogen and oxygen atoms in total. The number of carbonyl (C=O) groups excluding carboxylic acids is 1. The Kier molecular flexibility index (Phi) is 5.25. The number of nitrogens with one attached hydrogen (secondary N) is 1. The number of amides is 1. The number of furan rings is 1. The molecule has 0 bridgehead atoms. The monoisotopic (exact) mass is 472 g/mol. The second-order valence-corrected chi connectivity index (χ2v) is 8.35. The molecule has 5 heterocycles. The van der Waals surface area contributed by atoms with Crippen molar-refractivity contribution in [1.29, 1.82) is 0 Å². The third kappa shape index (κ3) is 4.03. The summed E-state index contributed by atoms with van der Waals surface area (Å²) < 4.78 is 26.1. The predicted molar refractivity (Wildman–Crippen MR) is 125 cm³/mol. The summed E-state index contributed by atoms with van der Waals surface area (Å²) in [6, 6.07) is 11.3. The minimum absolute atomic E-state index is 0.00568. The van der Waals surface area contributed by atoms with Gasteiger partial charge in [-0.1, -0.05) is 0 Å². The molecule has 1 amide bonds. The van der Waals surface area contributed by atoms with Gasteiger partial charge in [-0.2, -0.15) is 4.98 Å². The Morgan fingerprint density at radius 1 is 1.09 bits per heavy atom. The van der Waals surface area contributed by atoms with Gasteiger partial charge in [0.2, 0.25) is 5.95 Å². The van der Waals surface area contributed by atoms with E-state index in [0.29, 0.717) is 47.7 Å². The summed E-state index contributed by atoms with van der Waals surface area (Å²) in [5.41, 5.74) is 2.72. The molecule has 10 heteroatoms. The highest BCUT2D eigenvalue weighted by molar-refractivity contribution is 5.91. The molecule has 1 saturated heterocycles. The summed E-state index contributed by atoms with van der Waals surface area (Å²) in [5.74, 6) is 0.748. The number of rotatable bonds is 5. The van der Waals surface area contributed by atoms with Crippen molar-refractivity contribution in [3.8, 4) is 22.6 Å². The SMILES string of the molecule is O=C(c1ccco1)N1CCCC(Nc2nccc(-c3c(-c4ccc(F)cc4)nc4occn34)n2)C1. The number of likely N-dealkylation sites (tertiary alicyclic amines) is 1. The molecule has 0 saturated carbocycles. The number of aromatic nitrogens is 4. The predicted octanol–water partition coefficient (Wildman–Crippen LogP) is 4.50. The Morgan fingerprint density at radius 2 is 1.97 bits per heavy atom. The van der Waals surface area contributed by atoms with Crippen LogP contribution in [0.25, 0.3) is 28.5 Å². The quantitative estimate of drug-likeness (QED) is 0.402. The van der Waals surface area contributed by atoms with Gasteiger partial charge in [0.05, 0.1) is 12.0 Å². The molecular formula is C25H21FN6O3. The molecule has 1 aliphatic rings. The zero-order valence-corrected chi connectivity index (χ0v) is 18.6. The van der Waals surface area contributed by atoms with E-state index in [0.717, 1.165) is 18.4 Å². The summed E-state index contributed by atoms with van der Waals surface area (Å²) in [6.07, 6.45) is 8.23. The summed E-state index contributed by atoms with van der Waals surface area (Å²) in [7, 11) is 0. The van der Waals surface area contributed by atoms with Crippen molar-refractivity contribution in [2.24, 2.45) is 0 Å². The second kappa shape index (κ2) is 8.71. The number of hydrogen-bond donors (Lipinski definition) is 1. The van der Waals surface area contributed by atoms with Gasteiger partial charge in [-0.05, 0) is 55.3 Å². The molecule has 35 heavy (non-hydrogen) atoms. The largest absolute Gasteiger partial charge is 0.459 e. The van der Waals surface area contributed by atoms with Crippen molar-refractivity contribution in [2.45, 2.75) is 18.9 Å². The van der Waals surface area contributed by atoms with E-state index < -0.39 is 0 Å². The lowest BCUT2D eigenvalue weighted by molar-refractivity contribution is 0.0682. The summed E-state index contributed by atoms with van der Waals surface area (Å²) in [4.78, 5) is 28.2. The van der Waals surface area contributed by atoms with E-state index in [4.69, 9.17) is 13.8 Å². The van der Waals surface area contributed by atoms with Crippen molar-refractivity contribution in [2.75, 3.05) is 18.4 Å². The first-order valence-corrected chi connectivity index (χ1v) is 11.3.